The molecule has 2 aliphatic rings. The number of piperazine rings is 1. The number of aryl methyl sites for hydroxylation is 3. The Morgan fingerprint density at radius 3 is 2.31 bits per heavy atom. The van der Waals surface area contributed by atoms with Crippen LogP contribution >= 0.6 is 11.3 Å². The first kappa shape index (κ1) is 28.1. The zero-order valence-corrected chi connectivity index (χ0v) is 24.9. The van der Waals surface area contributed by atoms with E-state index in [-0.39, 0.29) is 23.4 Å². The van der Waals surface area contributed by atoms with Crippen molar-refractivity contribution in [3.63, 3.8) is 0 Å². The quantitative estimate of drug-likeness (QED) is 0.302. The molecule has 0 spiro atoms. The first-order chi connectivity index (χ1) is 20.3. The number of ketones is 1. The normalized spacial score (nSPS) is 22.4. The van der Waals surface area contributed by atoms with Crippen molar-refractivity contribution in [2.45, 2.75) is 38.8 Å². The number of likely N-dealkylation sites (tertiary alicyclic amines) is 1. The molecule has 4 atom stereocenters. The summed E-state index contributed by atoms with van der Waals surface area (Å²) in [5.74, 6) is -0.992. The molecule has 8 heteroatoms. The topological polar surface area (TPSA) is 82.9 Å². The van der Waals surface area contributed by atoms with Gasteiger partial charge in [0.15, 0.2) is 5.76 Å². The van der Waals surface area contributed by atoms with Crippen LogP contribution in [0.5, 0.6) is 0 Å². The van der Waals surface area contributed by atoms with Crippen molar-refractivity contribution >= 4 is 28.9 Å². The van der Waals surface area contributed by atoms with E-state index in [4.69, 9.17) is 4.42 Å². The molecule has 1 N–H and O–H groups in total. The van der Waals surface area contributed by atoms with Gasteiger partial charge in [-0.25, -0.2) is 0 Å². The van der Waals surface area contributed by atoms with E-state index >= 15 is 0 Å². The molecule has 2 aliphatic heterocycles. The molecule has 7 nitrogen and oxygen atoms in total. The lowest BCUT2D eigenvalue weighted by molar-refractivity contribution is -0.136. The summed E-state index contributed by atoms with van der Waals surface area (Å²) in [6, 6.07) is 21.0. The lowest BCUT2D eigenvalue weighted by Gasteiger charge is -2.36. The monoisotopic (exact) mass is 581 g/mol. The van der Waals surface area contributed by atoms with E-state index in [1.54, 1.807) is 40.5 Å². The number of carbonyl (C=O) groups is 3. The highest BCUT2D eigenvalue weighted by Gasteiger charge is 2.59. The van der Waals surface area contributed by atoms with Crippen LogP contribution in [0, 0.1) is 26.7 Å². The predicted molar refractivity (Wildman–Crippen MR) is 163 cm³/mol. The highest BCUT2D eigenvalue weighted by Crippen LogP contribution is 2.54. The Labute approximate surface area is 250 Å². The number of hydrogen-bond donors (Lipinski definition) is 1. The van der Waals surface area contributed by atoms with Gasteiger partial charge in [-0.3, -0.25) is 14.4 Å². The molecule has 42 heavy (non-hydrogen) atoms. The highest BCUT2D eigenvalue weighted by molar-refractivity contribution is 7.10. The molecule has 0 radical (unpaired) electrons. The minimum Gasteiger partial charge on any atom is -0.458 e. The average Bonchev–Trinajstić information content (AvgIpc) is 3.73. The minimum absolute atomic E-state index is 0.123. The summed E-state index contributed by atoms with van der Waals surface area (Å²) in [6.45, 7) is 8.28. The van der Waals surface area contributed by atoms with Gasteiger partial charge in [0.2, 0.25) is 11.7 Å². The van der Waals surface area contributed by atoms with Gasteiger partial charge in [0.05, 0.1) is 12.0 Å². The fourth-order valence-corrected chi connectivity index (χ4v) is 7.64. The summed E-state index contributed by atoms with van der Waals surface area (Å²) >= 11 is 1.54. The number of benzene rings is 2. The third kappa shape index (κ3) is 5.10. The number of nitrogens with zero attached hydrogens (tertiary/aromatic N) is 2. The maximum absolute atomic E-state index is 14.7. The fourth-order valence-electron chi connectivity index (χ4n) is 6.53. The number of nitrogens with one attached hydrogen (secondary N) is 1. The van der Waals surface area contributed by atoms with E-state index in [1.807, 2.05) is 79.6 Å². The lowest BCUT2D eigenvalue weighted by Crippen LogP contribution is -2.54. The van der Waals surface area contributed by atoms with Crippen LogP contribution in [0.3, 0.4) is 0 Å². The van der Waals surface area contributed by atoms with Gasteiger partial charge in [0.25, 0.3) is 5.91 Å². The molecule has 216 valence electrons. The molecule has 0 saturated carbocycles. The van der Waals surface area contributed by atoms with Crippen molar-refractivity contribution in [3.8, 4) is 0 Å². The zero-order valence-electron chi connectivity index (χ0n) is 24.1. The highest BCUT2D eigenvalue weighted by atomic mass is 32.1. The van der Waals surface area contributed by atoms with Gasteiger partial charge >= 0.3 is 0 Å². The lowest BCUT2D eigenvalue weighted by atomic mass is 9.78. The molecule has 2 fully saturated rings. The van der Waals surface area contributed by atoms with Crippen molar-refractivity contribution in [2.75, 3.05) is 26.2 Å². The van der Waals surface area contributed by atoms with Gasteiger partial charge in [-0.2, -0.15) is 0 Å². The van der Waals surface area contributed by atoms with Crippen molar-refractivity contribution < 1.29 is 18.8 Å². The molecular weight excluding hydrogens is 546 g/mol. The fraction of sp³-hybridized carbons (Fsp3) is 0.324. The first-order valence-electron chi connectivity index (χ1n) is 14.4. The Morgan fingerprint density at radius 1 is 0.905 bits per heavy atom. The standard InChI is InChI=1S/C34H35N3O4S/c1-21-8-7-11-25(20-21)29-27(31(38)26-13-12-23(3)41-26)28(32-22(2)14-19-42-32)30(34(40)36-17-15-35-16-18-36)37(29)33(39)24-9-5-4-6-10-24/h4-14,19-20,27-30,35H,15-18H2,1-3H3. The van der Waals surface area contributed by atoms with Gasteiger partial charge in [-0.15, -0.1) is 11.3 Å². The molecule has 4 unspecified atom stereocenters. The average molecular weight is 582 g/mol. The molecule has 2 aromatic heterocycles. The molecule has 6 rings (SSSR count). The third-order valence-electron chi connectivity index (χ3n) is 8.48. The van der Waals surface area contributed by atoms with Crippen molar-refractivity contribution in [3.05, 3.63) is 117 Å². The van der Waals surface area contributed by atoms with Crippen LogP contribution in [0.2, 0.25) is 0 Å². The largest absolute Gasteiger partial charge is 0.458 e. The number of thiophene rings is 1. The summed E-state index contributed by atoms with van der Waals surface area (Å²) < 4.78 is 5.90. The summed E-state index contributed by atoms with van der Waals surface area (Å²) in [6.07, 6.45) is 0. The van der Waals surface area contributed by atoms with Crippen LogP contribution in [0.25, 0.3) is 0 Å². The van der Waals surface area contributed by atoms with E-state index in [0.717, 1.165) is 21.6 Å². The van der Waals surface area contributed by atoms with E-state index in [9.17, 15) is 14.4 Å². The second kappa shape index (κ2) is 11.7. The molecular formula is C34H35N3O4S. The minimum atomic E-state index is -0.872. The predicted octanol–water partition coefficient (Wildman–Crippen LogP) is 5.55. The number of rotatable bonds is 6. The molecule has 4 aromatic rings. The van der Waals surface area contributed by atoms with Gasteiger partial charge in [-0.05, 0) is 67.6 Å². The molecule has 2 aromatic carbocycles. The Balaban J connectivity index is 1.61. The van der Waals surface area contributed by atoms with Crippen LogP contribution in [0.15, 0.2) is 82.6 Å². The van der Waals surface area contributed by atoms with E-state index in [0.29, 0.717) is 37.5 Å². The van der Waals surface area contributed by atoms with E-state index in [2.05, 4.69) is 5.32 Å². The number of hydrogen-bond acceptors (Lipinski definition) is 6. The summed E-state index contributed by atoms with van der Waals surface area (Å²) in [7, 11) is 0. The van der Waals surface area contributed by atoms with Crippen LogP contribution in [-0.4, -0.2) is 59.6 Å². The first-order valence-corrected chi connectivity index (χ1v) is 15.3. The van der Waals surface area contributed by atoms with Crippen molar-refractivity contribution in [1.82, 2.24) is 15.1 Å². The molecule has 4 heterocycles. The molecule has 2 amide bonds. The maximum Gasteiger partial charge on any atom is 0.255 e. The Morgan fingerprint density at radius 2 is 1.67 bits per heavy atom. The number of amides is 2. The van der Waals surface area contributed by atoms with Gasteiger partial charge in [0.1, 0.15) is 11.8 Å². The summed E-state index contributed by atoms with van der Waals surface area (Å²) in [5.41, 5.74) is 3.33. The van der Waals surface area contributed by atoms with Crippen molar-refractivity contribution in [1.29, 1.82) is 0 Å². The second-order valence-electron chi connectivity index (χ2n) is 11.3. The molecule has 0 bridgehead atoms. The van der Waals surface area contributed by atoms with Crippen molar-refractivity contribution in [2.24, 2.45) is 5.92 Å². The maximum atomic E-state index is 14.7. The Hall–Kier alpha value is -4.01. The summed E-state index contributed by atoms with van der Waals surface area (Å²) in [5, 5.41) is 5.32. The number of furan rings is 1. The summed E-state index contributed by atoms with van der Waals surface area (Å²) in [4.78, 5) is 48.5. The third-order valence-corrected chi connectivity index (χ3v) is 9.60. The van der Waals surface area contributed by atoms with Gasteiger partial charge < -0.3 is 19.5 Å². The van der Waals surface area contributed by atoms with Crippen LogP contribution in [-0.2, 0) is 4.79 Å². The van der Waals surface area contributed by atoms with Gasteiger partial charge in [-0.1, -0.05) is 48.0 Å². The Kier molecular flexibility index (Phi) is 7.84. The molecule has 2 saturated heterocycles. The number of carbonyl (C=O) groups excluding carboxylic acids is 3. The van der Waals surface area contributed by atoms with Gasteiger partial charge in [0, 0.05) is 42.5 Å². The van der Waals surface area contributed by atoms with E-state index in [1.165, 1.54) is 0 Å². The zero-order chi connectivity index (χ0) is 29.4. The van der Waals surface area contributed by atoms with E-state index < -0.39 is 23.9 Å². The van der Waals surface area contributed by atoms with Crippen LogP contribution in [0.4, 0.5) is 0 Å². The number of Topliss-reactive ketones (excluding diaryl/α,β-unsaturated/α-hetero) is 1. The van der Waals surface area contributed by atoms with Crippen LogP contribution < -0.4 is 5.32 Å². The SMILES string of the molecule is Cc1cccc(C2C(C(=O)c3ccc(C)o3)C(c3sccc3C)C(C(=O)N3CCNCC3)N2C(=O)c2ccccc2)c1. The van der Waals surface area contributed by atoms with Crippen LogP contribution in [0.1, 0.15) is 60.2 Å². The smallest absolute Gasteiger partial charge is 0.255 e. The second-order valence-corrected chi connectivity index (χ2v) is 12.2. The Bertz CT molecular complexity index is 1600. The molecule has 0 aliphatic carbocycles.